The van der Waals surface area contributed by atoms with E-state index in [4.69, 9.17) is 0 Å². The number of amides is 3. The zero-order chi connectivity index (χ0) is 22.0. The molecule has 2 atom stereocenters. The quantitative estimate of drug-likeness (QED) is 0.525. The van der Waals surface area contributed by atoms with Crippen LogP contribution < -0.4 is 4.72 Å². The minimum absolute atomic E-state index is 0.102. The van der Waals surface area contributed by atoms with Gasteiger partial charge >= 0.3 is 0 Å². The number of benzene rings is 1. The van der Waals surface area contributed by atoms with E-state index in [-0.39, 0.29) is 53.5 Å². The lowest BCUT2D eigenvalue weighted by atomic mass is 9.85. The van der Waals surface area contributed by atoms with Crippen LogP contribution in [0.25, 0.3) is 0 Å². The summed E-state index contributed by atoms with van der Waals surface area (Å²) >= 11 is 0. The molecule has 0 aromatic heterocycles. The number of hydrogen-bond donors (Lipinski definition) is 1. The maximum atomic E-state index is 12.6. The van der Waals surface area contributed by atoms with Crippen LogP contribution in [0.5, 0.6) is 0 Å². The number of imide groups is 1. The monoisotopic (exact) mass is 445 g/mol. The Kier molecular flexibility index (Phi) is 6.24. The SMILES string of the molecule is O=C(CCN1C(=O)[C@H]2CC=CC[C@@H]2C1=O)N1CCC(NS(=O)(=O)c2ccccc2)CC1. The van der Waals surface area contributed by atoms with Gasteiger partial charge in [0.1, 0.15) is 0 Å². The number of sulfonamides is 1. The highest BCUT2D eigenvalue weighted by Crippen LogP contribution is 2.35. The molecule has 0 saturated carbocycles. The molecule has 0 spiro atoms. The maximum Gasteiger partial charge on any atom is 0.240 e. The fourth-order valence-corrected chi connectivity index (χ4v) is 5.91. The van der Waals surface area contributed by atoms with Gasteiger partial charge in [0.25, 0.3) is 0 Å². The fourth-order valence-electron chi connectivity index (χ4n) is 4.59. The second-order valence-electron chi connectivity index (χ2n) is 8.32. The van der Waals surface area contributed by atoms with Crippen LogP contribution in [-0.2, 0) is 24.4 Å². The van der Waals surface area contributed by atoms with Crippen LogP contribution in [0.15, 0.2) is 47.4 Å². The van der Waals surface area contributed by atoms with E-state index in [0.29, 0.717) is 38.8 Å². The smallest absolute Gasteiger partial charge is 0.240 e. The second-order valence-corrected chi connectivity index (χ2v) is 10.0. The minimum Gasteiger partial charge on any atom is -0.343 e. The molecule has 2 aliphatic heterocycles. The van der Waals surface area contributed by atoms with Crippen molar-refractivity contribution in [3.63, 3.8) is 0 Å². The molecule has 2 fully saturated rings. The van der Waals surface area contributed by atoms with Crippen molar-refractivity contribution in [3.8, 4) is 0 Å². The third-order valence-corrected chi connectivity index (χ3v) is 7.91. The molecule has 4 rings (SSSR count). The van der Waals surface area contributed by atoms with Crippen molar-refractivity contribution in [1.29, 1.82) is 0 Å². The van der Waals surface area contributed by atoms with Crippen molar-refractivity contribution in [2.75, 3.05) is 19.6 Å². The van der Waals surface area contributed by atoms with E-state index >= 15 is 0 Å². The van der Waals surface area contributed by atoms with E-state index in [2.05, 4.69) is 4.72 Å². The Morgan fingerprint density at radius 3 is 2.13 bits per heavy atom. The molecule has 1 N–H and O–H groups in total. The molecule has 1 aliphatic carbocycles. The van der Waals surface area contributed by atoms with Crippen molar-refractivity contribution in [3.05, 3.63) is 42.5 Å². The van der Waals surface area contributed by atoms with E-state index in [1.165, 1.54) is 4.90 Å². The Labute approximate surface area is 182 Å². The van der Waals surface area contributed by atoms with Crippen molar-refractivity contribution >= 4 is 27.7 Å². The number of piperidine rings is 1. The molecule has 1 aromatic rings. The Balaban J connectivity index is 1.25. The summed E-state index contributed by atoms with van der Waals surface area (Å²) in [4.78, 5) is 40.8. The molecule has 166 valence electrons. The van der Waals surface area contributed by atoms with E-state index in [1.807, 2.05) is 12.2 Å². The predicted octanol–water partition coefficient (Wildman–Crippen LogP) is 1.30. The van der Waals surface area contributed by atoms with Gasteiger partial charge in [-0.25, -0.2) is 13.1 Å². The number of hydrogen-bond acceptors (Lipinski definition) is 5. The lowest BCUT2D eigenvalue weighted by Gasteiger charge is -2.32. The number of carbonyl (C=O) groups excluding carboxylic acids is 3. The molecule has 3 amide bonds. The van der Waals surface area contributed by atoms with Crippen LogP contribution in [0.1, 0.15) is 32.1 Å². The molecule has 8 nitrogen and oxygen atoms in total. The first kappa shape index (κ1) is 21.7. The first-order valence-electron chi connectivity index (χ1n) is 10.7. The van der Waals surface area contributed by atoms with Crippen molar-refractivity contribution < 1.29 is 22.8 Å². The van der Waals surface area contributed by atoms with E-state index in [9.17, 15) is 22.8 Å². The summed E-state index contributed by atoms with van der Waals surface area (Å²) in [6, 6.07) is 7.99. The first-order chi connectivity index (χ1) is 14.9. The van der Waals surface area contributed by atoms with Crippen LogP contribution in [0.2, 0.25) is 0 Å². The first-order valence-corrected chi connectivity index (χ1v) is 12.2. The van der Waals surface area contributed by atoms with Gasteiger partial charge in [0.05, 0.1) is 16.7 Å². The topological polar surface area (TPSA) is 104 Å². The van der Waals surface area contributed by atoms with Crippen LogP contribution in [-0.4, -0.2) is 61.6 Å². The van der Waals surface area contributed by atoms with Crippen molar-refractivity contribution in [2.45, 2.75) is 43.0 Å². The van der Waals surface area contributed by atoms with Gasteiger partial charge in [-0.3, -0.25) is 19.3 Å². The average Bonchev–Trinajstić information content (AvgIpc) is 3.03. The predicted molar refractivity (Wildman–Crippen MR) is 113 cm³/mol. The Morgan fingerprint density at radius 2 is 1.55 bits per heavy atom. The summed E-state index contributed by atoms with van der Waals surface area (Å²) in [6.07, 6.45) is 6.21. The summed E-state index contributed by atoms with van der Waals surface area (Å²) in [7, 11) is -3.58. The number of fused-ring (bicyclic) bond motifs is 1. The molecule has 2 saturated heterocycles. The van der Waals surface area contributed by atoms with Crippen molar-refractivity contribution in [1.82, 2.24) is 14.5 Å². The van der Waals surface area contributed by atoms with Gasteiger partial charge in [-0.05, 0) is 37.8 Å². The number of carbonyl (C=O) groups is 3. The van der Waals surface area contributed by atoms with Crippen LogP contribution in [0, 0.1) is 11.8 Å². The number of nitrogens with one attached hydrogen (secondary N) is 1. The molecule has 3 aliphatic rings. The molecule has 9 heteroatoms. The van der Waals surface area contributed by atoms with Gasteiger partial charge in [-0.2, -0.15) is 0 Å². The molecule has 0 unspecified atom stereocenters. The van der Waals surface area contributed by atoms with Crippen molar-refractivity contribution in [2.24, 2.45) is 11.8 Å². The van der Waals surface area contributed by atoms with Gasteiger partial charge in [0, 0.05) is 32.1 Å². The van der Waals surface area contributed by atoms with Gasteiger partial charge in [0.15, 0.2) is 0 Å². The number of allylic oxidation sites excluding steroid dienone is 2. The summed E-state index contributed by atoms with van der Waals surface area (Å²) < 4.78 is 27.7. The molecule has 1 aromatic carbocycles. The highest BCUT2D eigenvalue weighted by molar-refractivity contribution is 7.89. The van der Waals surface area contributed by atoms with Crippen LogP contribution in [0.3, 0.4) is 0 Å². The molecule has 0 radical (unpaired) electrons. The van der Waals surface area contributed by atoms with Crippen LogP contribution >= 0.6 is 0 Å². The molecule has 0 bridgehead atoms. The zero-order valence-corrected chi connectivity index (χ0v) is 18.1. The highest BCUT2D eigenvalue weighted by Gasteiger charge is 2.47. The minimum atomic E-state index is -3.58. The Hall–Kier alpha value is -2.52. The van der Waals surface area contributed by atoms with Gasteiger partial charge < -0.3 is 4.90 Å². The second kappa shape index (κ2) is 8.92. The summed E-state index contributed by atoms with van der Waals surface area (Å²) in [5.41, 5.74) is 0. The largest absolute Gasteiger partial charge is 0.343 e. The third-order valence-electron chi connectivity index (χ3n) is 6.37. The number of rotatable bonds is 6. The van der Waals surface area contributed by atoms with E-state index < -0.39 is 10.0 Å². The molecular weight excluding hydrogens is 418 g/mol. The Bertz CT molecular complexity index is 958. The number of likely N-dealkylation sites (tertiary alicyclic amines) is 2. The normalized spacial score (nSPS) is 24.5. The molecular formula is C22H27N3O5S. The lowest BCUT2D eigenvalue weighted by molar-refractivity contribution is -0.141. The third kappa shape index (κ3) is 4.57. The maximum absolute atomic E-state index is 12.6. The summed E-state index contributed by atoms with van der Waals surface area (Å²) in [5, 5.41) is 0. The summed E-state index contributed by atoms with van der Waals surface area (Å²) in [6.45, 7) is 1.000. The van der Waals surface area contributed by atoms with Crippen LogP contribution in [0.4, 0.5) is 0 Å². The van der Waals surface area contributed by atoms with Gasteiger partial charge in [-0.15, -0.1) is 0 Å². The molecule has 2 heterocycles. The lowest BCUT2D eigenvalue weighted by Crippen LogP contribution is -2.47. The van der Waals surface area contributed by atoms with Gasteiger partial charge in [0.2, 0.25) is 27.7 Å². The highest BCUT2D eigenvalue weighted by atomic mass is 32.2. The summed E-state index contributed by atoms with van der Waals surface area (Å²) in [5.74, 6) is -0.998. The van der Waals surface area contributed by atoms with Gasteiger partial charge in [-0.1, -0.05) is 30.4 Å². The van der Waals surface area contributed by atoms with E-state index in [0.717, 1.165) is 0 Å². The average molecular weight is 446 g/mol. The zero-order valence-electron chi connectivity index (χ0n) is 17.3. The molecule has 31 heavy (non-hydrogen) atoms. The van der Waals surface area contributed by atoms with E-state index in [1.54, 1.807) is 35.2 Å². The Morgan fingerprint density at radius 1 is 0.968 bits per heavy atom. The fraction of sp³-hybridized carbons (Fsp3) is 0.500. The number of nitrogens with zero attached hydrogens (tertiary/aromatic N) is 2. The standard InChI is InChI=1S/C22H27N3O5S/c26-20(12-15-25-21(27)18-8-4-5-9-19(18)22(25)28)24-13-10-16(11-14-24)23-31(29,30)17-6-2-1-3-7-17/h1-7,16,18-19,23H,8-15H2/t18-,19-/m0/s1.